The normalized spacial score (nSPS) is 17.1. The Labute approximate surface area is 204 Å². The van der Waals surface area contributed by atoms with Crippen molar-refractivity contribution in [3.63, 3.8) is 0 Å². The number of hydrogen-bond acceptors (Lipinski definition) is 8. The molecule has 184 valence electrons. The summed E-state index contributed by atoms with van der Waals surface area (Å²) in [5, 5.41) is 24.2. The van der Waals surface area contributed by atoms with Crippen LogP contribution in [0.3, 0.4) is 0 Å². The number of hydrogen-bond donors (Lipinski definition) is 3. The molecule has 1 aromatic heterocycles. The number of nitrogens with zero attached hydrogens (tertiary/aromatic N) is 3. The third-order valence-electron chi connectivity index (χ3n) is 6.15. The number of aromatic nitrogens is 2. The van der Waals surface area contributed by atoms with Crippen molar-refractivity contribution in [2.75, 3.05) is 38.7 Å². The van der Waals surface area contributed by atoms with Gasteiger partial charge in [0.15, 0.2) is 0 Å². The van der Waals surface area contributed by atoms with E-state index in [2.05, 4.69) is 15.5 Å². The first-order chi connectivity index (χ1) is 17.0. The molecule has 5 rings (SSSR count). The molecule has 1 amide bonds. The number of phenolic OH excluding ortho intramolecular Hbond substituents is 1. The molecule has 0 aliphatic carbocycles. The highest BCUT2D eigenvalue weighted by Gasteiger charge is 2.24. The largest absolute Gasteiger partial charge is 0.508 e. The molecule has 2 saturated heterocycles. The van der Waals surface area contributed by atoms with Crippen LogP contribution < -0.4 is 5.32 Å². The van der Waals surface area contributed by atoms with E-state index >= 15 is 0 Å². The van der Waals surface area contributed by atoms with E-state index < -0.39 is 0 Å². The molecule has 2 aliphatic rings. The van der Waals surface area contributed by atoms with Gasteiger partial charge < -0.3 is 24.6 Å². The second kappa shape index (κ2) is 11.6. The van der Waals surface area contributed by atoms with Gasteiger partial charge in [0.1, 0.15) is 11.5 Å². The van der Waals surface area contributed by atoms with Crippen LogP contribution in [0.5, 0.6) is 5.75 Å². The third-order valence-corrected chi connectivity index (χ3v) is 6.15. The second-order valence-corrected chi connectivity index (χ2v) is 8.66. The summed E-state index contributed by atoms with van der Waals surface area (Å²) in [7, 11) is 1.80. The van der Waals surface area contributed by atoms with Gasteiger partial charge in [0.25, 0.3) is 5.91 Å². The molecular formula is C26H31N5O4. The lowest BCUT2D eigenvalue weighted by atomic mass is 10.1. The van der Waals surface area contributed by atoms with Crippen molar-refractivity contribution in [1.29, 1.82) is 5.41 Å². The molecule has 2 fully saturated rings. The number of amides is 1. The summed E-state index contributed by atoms with van der Waals surface area (Å²) in [4.78, 5) is 18.2. The van der Waals surface area contributed by atoms with Crippen molar-refractivity contribution in [2.45, 2.75) is 25.7 Å². The lowest BCUT2D eigenvalue weighted by Crippen LogP contribution is -2.34. The maximum absolute atomic E-state index is 12.1. The third kappa shape index (κ3) is 6.24. The summed E-state index contributed by atoms with van der Waals surface area (Å²) < 4.78 is 10.5. The average Bonchev–Trinajstić information content (AvgIpc) is 3.68. The van der Waals surface area contributed by atoms with Gasteiger partial charge in [-0.05, 0) is 55.5 Å². The Kier molecular flexibility index (Phi) is 8.10. The molecule has 35 heavy (non-hydrogen) atoms. The number of carbonyl (C=O) groups excluding carboxylic acids is 1. The van der Waals surface area contributed by atoms with Gasteiger partial charge >= 0.3 is 0 Å². The maximum Gasteiger partial charge on any atom is 0.272 e. The Morgan fingerprint density at radius 3 is 2.60 bits per heavy atom. The number of para-hydroxylation sites is 1. The molecule has 1 atom stereocenters. The summed E-state index contributed by atoms with van der Waals surface area (Å²) in [5.41, 5.74) is 2.42. The van der Waals surface area contributed by atoms with E-state index in [1.807, 2.05) is 24.3 Å². The van der Waals surface area contributed by atoms with E-state index in [1.54, 1.807) is 36.2 Å². The van der Waals surface area contributed by atoms with E-state index in [9.17, 15) is 9.90 Å². The van der Waals surface area contributed by atoms with Crippen molar-refractivity contribution < 1.29 is 19.2 Å². The van der Waals surface area contributed by atoms with Crippen molar-refractivity contribution >= 4 is 17.3 Å². The van der Waals surface area contributed by atoms with Gasteiger partial charge in [0, 0.05) is 56.6 Å². The molecule has 1 unspecified atom stereocenters. The van der Waals surface area contributed by atoms with Crippen LogP contribution in [0.1, 0.15) is 30.7 Å². The number of phenols is 1. The first kappa shape index (κ1) is 24.4. The highest BCUT2D eigenvalue weighted by molar-refractivity contribution is 6.45. The van der Waals surface area contributed by atoms with Crippen LogP contribution in [0.25, 0.3) is 11.4 Å². The van der Waals surface area contributed by atoms with Gasteiger partial charge in [0.05, 0.1) is 0 Å². The number of carbonyl (C=O) groups is 1. The Morgan fingerprint density at radius 1 is 1.17 bits per heavy atom. The van der Waals surface area contributed by atoms with Crippen LogP contribution in [0.4, 0.5) is 5.69 Å². The zero-order chi connectivity index (χ0) is 24.6. The summed E-state index contributed by atoms with van der Waals surface area (Å²) in [6.45, 7) is 3.16. The topological polar surface area (TPSA) is 125 Å². The molecule has 3 N–H and O–H groups in total. The maximum atomic E-state index is 12.1. The number of ether oxygens (including phenoxy) is 1. The quantitative estimate of drug-likeness (QED) is 0.462. The molecular weight excluding hydrogens is 446 g/mol. The number of benzene rings is 2. The molecule has 3 aromatic rings. The zero-order valence-corrected chi connectivity index (χ0v) is 19.9. The number of likely N-dealkylation sites (tertiary alicyclic amines) is 1. The van der Waals surface area contributed by atoms with Crippen LogP contribution in [0.2, 0.25) is 0 Å². The molecule has 2 aromatic carbocycles. The second-order valence-electron chi connectivity index (χ2n) is 8.66. The fraction of sp³-hybridized carbons (Fsp3) is 0.385. The number of rotatable bonds is 6. The zero-order valence-electron chi connectivity index (χ0n) is 19.9. The highest BCUT2D eigenvalue weighted by Crippen LogP contribution is 2.22. The monoisotopic (exact) mass is 477 g/mol. The molecule has 0 saturated carbocycles. The summed E-state index contributed by atoms with van der Waals surface area (Å²) in [6.07, 6.45) is 3.92. The molecule has 3 heterocycles. The van der Waals surface area contributed by atoms with Gasteiger partial charge in [-0.25, -0.2) is 0 Å². The van der Waals surface area contributed by atoms with E-state index in [-0.39, 0.29) is 17.4 Å². The molecule has 0 spiro atoms. The number of nitrogens with one attached hydrogen (secondary N) is 2. The van der Waals surface area contributed by atoms with Crippen LogP contribution >= 0.6 is 0 Å². The molecule has 0 radical (unpaired) electrons. The van der Waals surface area contributed by atoms with Gasteiger partial charge in [-0.1, -0.05) is 23.4 Å². The molecule has 0 bridgehead atoms. The number of aromatic hydroxyl groups is 1. The van der Waals surface area contributed by atoms with E-state index in [4.69, 9.17) is 14.7 Å². The number of anilines is 1. The van der Waals surface area contributed by atoms with Crippen molar-refractivity contribution in [3.8, 4) is 17.1 Å². The van der Waals surface area contributed by atoms with E-state index in [0.29, 0.717) is 23.2 Å². The first-order valence-electron chi connectivity index (χ1n) is 11.9. The van der Waals surface area contributed by atoms with Crippen molar-refractivity contribution in [2.24, 2.45) is 5.92 Å². The van der Waals surface area contributed by atoms with Gasteiger partial charge in [-0.15, -0.1) is 0 Å². The predicted octanol–water partition coefficient (Wildman–Crippen LogP) is 3.74. The minimum absolute atomic E-state index is 0.0804. The van der Waals surface area contributed by atoms with Crippen molar-refractivity contribution in [3.05, 3.63) is 60.0 Å². The smallest absolute Gasteiger partial charge is 0.272 e. The Balaban J connectivity index is 0.000000165. The summed E-state index contributed by atoms with van der Waals surface area (Å²) >= 11 is 0. The Bertz CT molecular complexity index is 1130. The average molecular weight is 478 g/mol. The van der Waals surface area contributed by atoms with Gasteiger partial charge in [-0.3, -0.25) is 10.2 Å². The Morgan fingerprint density at radius 2 is 1.91 bits per heavy atom. The lowest BCUT2D eigenvalue weighted by Gasteiger charge is -2.17. The first-order valence-corrected chi connectivity index (χ1v) is 11.9. The minimum atomic E-state index is -0.162. The predicted molar refractivity (Wildman–Crippen MR) is 133 cm³/mol. The summed E-state index contributed by atoms with van der Waals surface area (Å²) in [6, 6.07) is 14.2. The van der Waals surface area contributed by atoms with Crippen LogP contribution in [0, 0.1) is 11.3 Å². The lowest BCUT2D eigenvalue weighted by molar-refractivity contribution is -0.123. The fourth-order valence-electron chi connectivity index (χ4n) is 4.17. The van der Waals surface area contributed by atoms with Crippen LogP contribution in [-0.4, -0.2) is 65.1 Å². The van der Waals surface area contributed by atoms with Crippen LogP contribution in [0.15, 0.2) is 53.1 Å². The Hall–Kier alpha value is -3.72. The van der Waals surface area contributed by atoms with E-state index in [0.717, 1.165) is 63.2 Å². The molecule has 9 heteroatoms. The molecule has 2 aliphatic heterocycles. The molecule has 9 nitrogen and oxygen atoms in total. The van der Waals surface area contributed by atoms with E-state index in [1.165, 1.54) is 0 Å². The highest BCUT2D eigenvalue weighted by atomic mass is 16.5. The minimum Gasteiger partial charge on any atom is -0.508 e. The SMILES string of the molecule is CNc1ccccc1C(=N)C(=O)N1CCCC1.Oc1ccc(-c2noc(CC3CCOC3)n2)cc1. The standard InChI is InChI=1S/C13H17N3O.C13H14N2O3/c1-15-11-7-3-2-6-10(11)12(14)13(17)16-8-4-5-9-16;16-11-3-1-10(2-4-11)13-14-12(18-15-13)7-9-5-6-17-8-9/h2-3,6-7,14-15H,4-5,8-9H2,1H3;1-4,9,16H,5-8H2. The summed E-state index contributed by atoms with van der Waals surface area (Å²) in [5.74, 6) is 1.76. The van der Waals surface area contributed by atoms with Crippen LogP contribution in [-0.2, 0) is 16.0 Å². The fourth-order valence-corrected chi connectivity index (χ4v) is 4.17. The van der Waals surface area contributed by atoms with Gasteiger partial charge in [0.2, 0.25) is 11.7 Å². The van der Waals surface area contributed by atoms with Crippen molar-refractivity contribution in [1.82, 2.24) is 15.0 Å². The van der Waals surface area contributed by atoms with Gasteiger partial charge in [-0.2, -0.15) is 4.98 Å².